The van der Waals surface area contributed by atoms with Crippen molar-refractivity contribution in [3.8, 4) is 0 Å². The van der Waals surface area contributed by atoms with Crippen molar-refractivity contribution >= 4 is 29.2 Å². The Labute approximate surface area is 178 Å². The highest BCUT2D eigenvalue weighted by Gasteiger charge is 2.42. The molecule has 2 aliphatic rings. The summed E-state index contributed by atoms with van der Waals surface area (Å²) in [5.74, 6) is 1.58. The molecule has 1 amide bonds. The largest absolute Gasteiger partial charge is 0.340 e. The normalized spacial score (nSPS) is 16.5. The first-order chi connectivity index (χ1) is 14.8. The Morgan fingerprint density at radius 1 is 1.19 bits per heavy atom. The topological polar surface area (TPSA) is 100 Å². The number of guanidine groups is 1. The fraction of sp³-hybridized carbons (Fsp3) is 0.286. The van der Waals surface area contributed by atoms with Gasteiger partial charge in [0, 0.05) is 23.6 Å². The number of benzene rings is 1. The predicted octanol–water partition coefficient (Wildman–Crippen LogP) is 2.61. The molecule has 0 bridgehead atoms. The lowest BCUT2D eigenvalue weighted by atomic mass is 10.1. The number of nitrogens with zero attached hydrogens (tertiary/aromatic N) is 6. The first-order valence-electron chi connectivity index (χ1n) is 9.89. The summed E-state index contributed by atoms with van der Waals surface area (Å²) in [6, 6.07) is 5.94. The molecular weight excluding hydrogens is 399 g/mol. The van der Waals surface area contributed by atoms with Gasteiger partial charge in [0.25, 0.3) is 5.91 Å². The molecule has 0 aliphatic carbocycles. The number of nitrogens with one attached hydrogen (secondary N) is 2. The fourth-order valence-corrected chi connectivity index (χ4v) is 3.71. The lowest BCUT2D eigenvalue weighted by Gasteiger charge is -2.25. The van der Waals surface area contributed by atoms with Crippen molar-refractivity contribution < 1.29 is 9.18 Å². The third-order valence-corrected chi connectivity index (χ3v) is 5.13. The molecule has 2 aromatic heterocycles. The van der Waals surface area contributed by atoms with Crippen LogP contribution >= 0.6 is 0 Å². The number of aryl methyl sites for hydroxylation is 1. The average molecular weight is 420 g/mol. The van der Waals surface area contributed by atoms with E-state index in [1.807, 2.05) is 25.7 Å². The Morgan fingerprint density at radius 3 is 2.61 bits per heavy atom. The van der Waals surface area contributed by atoms with Gasteiger partial charge in [0.2, 0.25) is 5.96 Å². The third-order valence-electron chi connectivity index (χ3n) is 5.13. The van der Waals surface area contributed by atoms with Gasteiger partial charge < -0.3 is 5.32 Å². The second-order valence-corrected chi connectivity index (χ2v) is 8.26. The Morgan fingerprint density at radius 2 is 1.90 bits per heavy atom. The molecule has 0 saturated carbocycles. The molecule has 3 aromatic rings. The van der Waals surface area contributed by atoms with E-state index < -0.39 is 0 Å². The molecule has 158 valence electrons. The lowest BCUT2D eigenvalue weighted by molar-refractivity contribution is 0.0975. The standard InChI is InChI=1S/C21H21FN8O/c1-12-23-8-13(9-24-12)10-30-17(25-15-6-4-14(22)5-7-15)16-18(28-30)29-11-21(2,3)27-20(29)26-19(16)31/h4-9,25H,10-11H2,1-3H3,(H,26,27,31). The van der Waals surface area contributed by atoms with Crippen molar-refractivity contribution in [2.45, 2.75) is 32.9 Å². The van der Waals surface area contributed by atoms with Gasteiger partial charge in [0.15, 0.2) is 5.82 Å². The third kappa shape index (κ3) is 3.49. The van der Waals surface area contributed by atoms with Crippen molar-refractivity contribution in [1.82, 2.24) is 25.1 Å². The van der Waals surface area contributed by atoms with Crippen molar-refractivity contribution in [2.24, 2.45) is 4.99 Å². The molecule has 0 spiro atoms. The van der Waals surface area contributed by atoms with Gasteiger partial charge in [-0.15, -0.1) is 0 Å². The van der Waals surface area contributed by atoms with E-state index in [9.17, 15) is 9.18 Å². The molecule has 0 fully saturated rings. The SMILES string of the molecule is Cc1ncc(Cn2nc3c(c2Nc2ccc(F)cc2)C(=O)NC2=NC(C)(C)CN23)cn1. The Bertz CT molecular complexity index is 1200. The molecule has 2 aliphatic heterocycles. The summed E-state index contributed by atoms with van der Waals surface area (Å²) in [4.78, 5) is 28.0. The van der Waals surface area contributed by atoms with Gasteiger partial charge in [0.05, 0.1) is 18.6 Å². The van der Waals surface area contributed by atoms with Crippen molar-refractivity contribution in [2.75, 3.05) is 16.8 Å². The van der Waals surface area contributed by atoms with Crippen LogP contribution in [0.25, 0.3) is 0 Å². The Hall–Kier alpha value is -3.82. The Kier molecular flexibility index (Phi) is 4.24. The van der Waals surface area contributed by atoms with Crippen LogP contribution in [-0.4, -0.2) is 43.7 Å². The minimum Gasteiger partial charge on any atom is -0.340 e. The summed E-state index contributed by atoms with van der Waals surface area (Å²) in [5.41, 5.74) is 1.54. The molecule has 31 heavy (non-hydrogen) atoms. The van der Waals surface area contributed by atoms with Crippen LogP contribution in [0.4, 0.5) is 21.7 Å². The maximum Gasteiger partial charge on any atom is 0.265 e. The van der Waals surface area contributed by atoms with E-state index in [1.165, 1.54) is 12.1 Å². The average Bonchev–Trinajstić information content (AvgIpc) is 3.22. The van der Waals surface area contributed by atoms with Crippen molar-refractivity contribution in [3.63, 3.8) is 0 Å². The number of carbonyl (C=O) groups is 1. The number of rotatable bonds is 4. The number of fused-ring (bicyclic) bond motifs is 3. The number of aromatic nitrogens is 4. The lowest BCUT2D eigenvalue weighted by Crippen LogP contribution is -2.47. The summed E-state index contributed by atoms with van der Waals surface area (Å²) in [7, 11) is 0. The molecular formula is C21H21FN8O. The van der Waals surface area contributed by atoms with Gasteiger partial charge >= 0.3 is 0 Å². The van der Waals surface area contributed by atoms with E-state index in [4.69, 9.17) is 5.10 Å². The highest BCUT2D eigenvalue weighted by Crippen LogP contribution is 2.36. The smallest absolute Gasteiger partial charge is 0.265 e. The van der Waals surface area contributed by atoms with Gasteiger partial charge in [-0.3, -0.25) is 15.0 Å². The fourth-order valence-electron chi connectivity index (χ4n) is 3.71. The number of amides is 1. The van der Waals surface area contributed by atoms with Crippen molar-refractivity contribution in [3.05, 3.63) is 59.4 Å². The minimum atomic E-state index is -0.344. The van der Waals surface area contributed by atoms with E-state index in [0.717, 1.165) is 5.56 Å². The molecule has 10 heteroatoms. The zero-order valence-electron chi connectivity index (χ0n) is 17.3. The summed E-state index contributed by atoms with van der Waals surface area (Å²) in [6.45, 7) is 6.77. The van der Waals surface area contributed by atoms with Gasteiger partial charge in [-0.05, 0) is 45.0 Å². The molecule has 0 saturated heterocycles. The second-order valence-electron chi connectivity index (χ2n) is 8.26. The van der Waals surface area contributed by atoms with E-state index in [0.29, 0.717) is 47.8 Å². The second kappa shape index (κ2) is 6.86. The summed E-state index contributed by atoms with van der Waals surface area (Å²) in [6.07, 6.45) is 3.47. The van der Waals surface area contributed by atoms with Crippen LogP contribution in [-0.2, 0) is 6.54 Å². The maximum absolute atomic E-state index is 13.4. The van der Waals surface area contributed by atoms with E-state index in [1.54, 1.807) is 29.2 Å². The number of aliphatic imine (C=N–C) groups is 1. The van der Waals surface area contributed by atoms with Crippen LogP contribution in [0.15, 0.2) is 41.7 Å². The van der Waals surface area contributed by atoms with Crippen LogP contribution in [0, 0.1) is 12.7 Å². The molecule has 0 unspecified atom stereocenters. The minimum absolute atomic E-state index is 0.293. The highest BCUT2D eigenvalue weighted by molar-refractivity contribution is 6.21. The van der Waals surface area contributed by atoms with Crippen molar-refractivity contribution in [1.29, 1.82) is 0 Å². The van der Waals surface area contributed by atoms with Crippen LogP contribution in [0.5, 0.6) is 0 Å². The predicted molar refractivity (Wildman–Crippen MR) is 114 cm³/mol. The summed E-state index contributed by atoms with van der Waals surface area (Å²) in [5, 5.41) is 10.9. The van der Waals surface area contributed by atoms with E-state index in [2.05, 4.69) is 25.6 Å². The van der Waals surface area contributed by atoms with E-state index in [-0.39, 0.29) is 17.3 Å². The molecule has 9 nitrogen and oxygen atoms in total. The number of anilines is 3. The summed E-state index contributed by atoms with van der Waals surface area (Å²) < 4.78 is 15.1. The van der Waals surface area contributed by atoms with Gasteiger partial charge in [-0.2, -0.15) is 5.10 Å². The molecule has 1 aromatic carbocycles. The Balaban J connectivity index is 1.60. The van der Waals surface area contributed by atoms with Gasteiger partial charge in [-0.25, -0.2) is 24.0 Å². The summed E-state index contributed by atoms with van der Waals surface area (Å²) >= 11 is 0. The monoisotopic (exact) mass is 420 g/mol. The van der Waals surface area contributed by atoms with Gasteiger partial charge in [-0.1, -0.05) is 0 Å². The number of halogens is 1. The van der Waals surface area contributed by atoms with E-state index >= 15 is 0 Å². The van der Waals surface area contributed by atoms with Gasteiger partial charge in [0.1, 0.15) is 23.0 Å². The van der Waals surface area contributed by atoms with Crippen LogP contribution in [0.3, 0.4) is 0 Å². The van der Waals surface area contributed by atoms with Crippen LogP contribution < -0.4 is 15.5 Å². The number of hydrogen-bond acceptors (Lipinski definition) is 7. The number of hydrogen-bond donors (Lipinski definition) is 2. The maximum atomic E-state index is 13.4. The number of carbonyl (C=O) groups excluding carboxylic acids is 1. The molecule has 5 rings (SSSR count). The molecule has 0 radical (unpaired) electrons. The van der Waals surface area contributed by atoms with Crippen LogP contribution in [0.1, 0.15) is 35.6 Å². The molecule has 0 atom stereocenters. The quantitative estimate of drug-likeness (QED) is 0.673. The zero-order chi connectivity index (χ0) is 21.8. The molecule has 2 N–H and O–H groups in total. The molecule has 4 heterocycles. The zero-order valence-corrected chi connectivity index (χ0v) is 17.3. The highest BCUT2D eigenvalue weighted by atomic mass is 19.1. The first-order valence-corrected chi connectivity index (χ1v) is 9.89. The first kappa shape index (κ1) is 19.2. The van der Waals surface area contributed by atoms with Crippen LogP contribution in [0.2, 0.25) is 0 Å².